The first-order chi connectivity index (χ1) is 14.1. The molecular weight excluding hydrogens is 380 g/mol. The summed E-state index contributed by atoms with van der Waals surface area (Å²) in [7, 11) is 0. The molecule has 0 spiro atoms. The number of rotatable bonds is 5. The minimum absolute atomic E-state index is 0.0993. The Bertz CT molecular complexity index is 1160. The summed E-state index contributed by atoms with van der Waals surface area (Å²) in [6, 6.07) is 21.4. The van der Waals surface area contributed by atoms with Gasteiger partial charge in [-0.15, -0.1) is 0 Å². The molecule has 0 aliphatic carbocycles. The van der Waals surface area contributed by atoms with E-state index in [0.29, 0.717) is 5.16 Å². The fourth-order valence-corrected chi connectivity index (χ4v) is 3.84. The highest BCUT2D eigenvalue weighted by Crippen LogP contribution is 2.26. The topological polar surface area (TPSA) is 67.8 Å². The van der Waals surface area contributed by atoms with Crippen molar-refractivity contribution in [1.29, 1.82) is 0 Å². The third kappa shape index (κ3) is 4.43. The van der Waals surface area contributed by atoms with Crippen LogP contribution >= 0.6 is 11.8 Å². The van der Waals surface area contributed by atoms with E-state index in [4.69, 9.17) is 0 Å². The van der Waals surface area contributed by atoms with Crippen LogP contribution in [-0.4, -0.2) is 26.1 Å². The Labute approximate surface area is 173 Å². The Kier molecular flexibility index (Phi) is 5.53. The number of anilines is 1. The van der Waals surface area contributed by atoms with Crippen LogP contribution in [0.4, 0.5) is 5.69 Å². The van der Waals surface area contributed by atoms with Crippen LogP contribution in [0.3, 0.4) is 0 Å². The number of carbonyl (C=O) groups excluding carboxylic acids is 1. The van der Waals surface area contributed by atoms with Crippen molar-refractivity contribution in [2.45, 2.75) is 24.3 Å². The predicted molar refractivity (Wildman–Crippen MR) is 118 cm³/mol. The van der Waals surface area contributed by atoms with Gasteiger partial charge in [-0.1, -0.05) is 48.2 Å². The van der Waals surface area contributed by atoms with Crippen LogP contribution in [0, 0.1) is 6.92 Å². The lowest BCUT2D eigenvalue weighted by molar-refractivity contribution is -0.115. The Morgan fingerprint density at radius 1 is 1.00 bits per heavy atom. The van der Waals surface area contributed by atoms with Gasteiger partial charge in [-0.05, 0) is 44.2 Å². The van der Waals surface area contributed by atoms with E-state index in [2.05, 4.69) is 20.3 Å². The van der Waals surface area contributed by atoms with Crippen LogP contribution in [0.5, 0.6) is 0 Å². The number of aromatic nitrogens is 3. The Morgan fingerprint density at radius 3 is 2.66 bits per heavy atom. The van der Waals surface area contributed by atoms with Crippen molar-refractivity contribution >= 4 is 34.3 Å². The number of thioether (sulfide) groups is 1. The minimum atomic E-state index is -0.354. The quantitative estimate of drug-likeness (QED) is 0.372. The summed E-state index contributed by atoms with van der Waals surface area (Å²) >= 11 is 1.35. The van der Waals surface area contributed by atoms with Gasteiger partial charge in [0.15, 0.2) is 5.16 Å². The predicted octanol–water partition coefficient (Wildman–Crippen LogP) is 5.12. The number of amides is 1. The lowest BCUT2D eigenvalue weighted by Crippen LogP contribution is -2.22. The van der Waals surface area contributed by atoms with Gasteiger partial charge in [0.25, 0.3) is 0 Å². The third-order valence-corrected chi connectivity index (χ3v) is 5.42. The Balaban J connectivity index is 1.52. The second-order valence-electron chi connectivity index (χ2n) is 6.67. The molecule has 0 bridgehead atoms. The number of aryl methyl sites for hydroxylation is 1. The number of nitrogens with one attached hydrogen (secondary N) is 1. The fraction of sp³-hybridized carbons (Fsp3) is 0.130. The normalized spacial score (nSPS) is 11.9. The second-order valence-corrected chi connectivity index (χ2v) is 7.98. The monoisotopic (exact) mass is 400 g/mol. The molecule has 4 rings (SSSR count). The number of benzene rings is 2. The molecule has 144 valence electrons. The van der Waals surface area contributed by atoms with Crippen molar-refractivity contribution in [3.63, 3.8) is 0 Å². The standard InChI is InChI=1S/C23H20N4OS/c1-15-14-21(17-8-4-3-5-9-17)27-23(25-15)29-16(2)22(28)26-20-12-6-11-19-18(20)10-7-13-24-19/h3-14,16H,1-2H3,(H,26,28)/t16-/m0/s1. The van der Waals surface area contributed by atoms with Crippen LogP contribution in [0.2, 0.25) is 0 Å². The number of carbonyl (C=O) groups is 1. The van der Waals surface area contributed by atoms with E-state index in [0.717, 1.165) is 33.5 Å². The number of hydrogen-bond donors (Lipinski definition) is 1. The fourth-order valence-electron chi connectivity index (χ4n) is 3.01. The zero-order valence-electron chi connectivity index (χ0n) is 16.2. The lowest BCUT2D eigenvalue weighted by Gasteiger charge is -2.13. The van der Waals surface area contributed by atoms with Crippen LogP contribution < -0.4 is 5.32 Å². The molecule has 1 atom stereocenters. The largest absolute Gasteiger partial charge is 0.324 e. The molecule has 0 saturated carbocycles. The molecule has 2 aromatic carbocycles. The van der Waals surface area contributed by atoms with E-state index in [1.165, 1.54) is 11.8 Å². The number of fused-ring (bicyclic) bond motifs is 1. The van der Waals surface area contributed by atoms with E-state index < -0.39 is 0 Å². The molecule has 0 aliphatic heterocycles. The van der Waals surface area contributed by atoms with Gasteiger partial charge in [-0.25, -0.2) is 9.97 Å². The van der Waals surface area contributed by atoms with Crippen LogP contribution in [0.15, 0.2) is 78.1 Å². The number of pyridine rings is 1. The molecular formula is C23H20N4OS. The van der Waals surface area contributed by atoms with Gasteiger partial charge in [0.1, 0.15) is 0 Å². The molecule has 2 heterocycles. The maximum atomic E-state index is 12.8. The highest BCUT2D eigenvalue weighted by molar-refractivity contribution is 8.00. The van der Waals surface area contributed by atoms with Crippen molar-refractivity contribution in [2.75, 3.05) is 5.32 Å². The molecule has 0 aliphatic rings. The lowest BCUT2D eigenvalue weighted by atomic mass is 10.1. The van der Waals surface area contributed by atoms with Crippen LogP contribution in [0.25, 0.3) is 22.2 Å². The highest BCUT2D eigenvalue weighted by atomic mass is 32.2. The summed E-state index contributed by atoms with van der Waals surface area (Å²) < 4.78 is 0. The van der Waals surface area contributed by atoms with E-state index in [-0.39, 0.29) is 11.2 Å². The van der Waals surface area contributed by atoms with Crippen molar-refractivity contribution < 1.29 is 4.79 Å². The molecule has 2 aromatic heterocycles. The van der Waals surface area contributed by atoms with Gasteiger partial charge < -0.3 is 5.32 Å². The molecule has 5 nitrogen and oxygen atoms in total. The summed E-state index contributed by atoms with van der Waals surface area (Å²) in [6.45, 7) is 3.79. The zero-order chi connectivity index (χ0) is 20.2. The van der Waals surface area contributed by atoms with E-state index in [1.807, 2.05) is 80.6 Å². The summed E-state index contributed by atoms with van der Waals surface area (Å²) in [4.78, 5) is 26.3. The van der Waals surface area contributed by atoms with Gasteiger partial charge in [-0.2, -0.15) is 0 Å². The first-order valence-electron chi connectivity index (χ1n) is 9.32. The molecule has 29 heavy (non-hydrogen) atoms. The maximum absolute atomic E-state index is 12.8. The van der Waals surface area contributed by atoms with E-state index >= 15 is 0 Å². The molecule has 0 radical (unpaired) electrons. The van der Waals surface area contributed by atoms with Gasteiger partial charge in [0.05, 0.1) is 22.1 Å². The van der Waals surface area contributed by atoms with Crippen LogP contribution in [-0.2, 0) is 4.79 Å². The van der Waals surface area contributed by atoms with Crippen molar-refractivity contribution in [3.05, 3.63) is 78.6 Å². The first-order valence-corrected chi connectivity index (χ1v) is 10.2. The van der Waals surface area contributed by atoms with Crippen molar-refractivity contribution in [3.8, 4) is 11.3 Å². The molecule has 4 aromatic rings. The molecule has 1 amide bonds. The van der Waals surface area contributed by atoms with Gasteiger partial charge >= 0.3 is 0 Å². The average Bonchev–Trinajstić information content (AvgIpc) is 2.74. The third-order valence-electron chi connectivity index (χ3n) is 4.46. The van der Waals surface area contributed by atoms with E-state index in [1.54, 1.807) is 6.20 Å². The molecule has 0 fully saturated rings. The second kappa shape index (κ2) is 8.41. The van der Waals surface area contributed by atoms with Gasteiger partial charge in [-0.3, -0.25) is 9.78 Å². The summed E-state index contributed by atoms with van der Waals surface area (Å²) in [6.07, 6.45) is 1.74. The smallest absolute Gasteiger partial charge is 0.237 e. The summed E-state index contributed by atoms with van der Waals surface area (Å²) in [5.41, 5.74) is 4.35. The first kappa shape index (κ1) is 19.1. The van der Waals surface area contributed by atoms with E-state index in [9.17, 15) is 4.79 Å². The van der Waals surface area contributed by atoms with Crippen LogP contribution in [0.1, 0.15) is 12.6 Å². The van der Waals surface area contributed by atoms with Crippen molar-refractivity contribution in [2.24, 2.45) is 0 Å². The average molecular weight is 401 g/mol. The molecule has 1 N–H and O–H groups in total. The highest BCUT2D eigenvalue weighted by Gasteiger charge is 2.18. The molecule has 0 unspecified atom stereocenters. The van der Waals surface area contributed by atoms with Gasteiger partial charge in [0.2, 0.25) is 5.91 Å². The maximum Gasteiger partial charge on any atom is 0.237 e. The zero-order valence-corrected chi connectivity index (χ0v) is 17.0. The summed E-state index contributed by atoms with van der Waals surface area (Å²) in [5.74, 6) is -0.0993. The molecule has 6 heteroatoms. The minimum Gasteiger partial charge on any atom is -0.324 e. The SMILES string of the molecule is Cc1cc(-c2ccccc2)nc(S[C@@H](C)C(=O)Nc2cccc3ncccc23)n1. The summed E-state index contributed by atoms with van der Waals surface area (Å²) in [5, 5.41) is 4.16. The van der Waals surface area contributed by atoms with Gasteiger partial charge in [0, 0.05) is 22.8 Å². The molecule has 0 saturated heterocycles. The van der Waals surface area contributed by atoms with Crippen molar-refractivity contribution in [1.82, 2.24) is 15.0 Å². The Hall–Kier alpha value is -3.25. The number of nitrogens with zero attached hydrogens (tertiary/aromatic N) is 3. The number of hydrogen-bond acceptors (Lipinski definition) is 5. The Morgan fingerprint density at radius 2 is 1.83 bits per heavy atom.